The van der Waals surface area contributed by atoms with Gasteiger partial charge in [0, 0.05) is 38.7 Å². The molecule has 1 N–H and O–H groups in total. The van der Waals surface area contributed by atoms with Crippen molar-refractivity contribution in [3.05, 3.63) is 58.8 Å². The predicted molar refractivity (Wildman–Crippen MR) is 127 cm³/mol. The van der Waals surface area contributed by atoms with Gasteiger partial charge >= 0.3 is 5.97 Å². The lowest BCUT2D eigenvalue weighted by molar-refractivity contribution is -0.154. The second kappa shape index (κ2) is 8.57. The molecular formula is C22H19ClN4O3S2. The van der Waals surface area contributed by atoms with Gasteiger partial charge in [-0.1, -0.05) is 11.6 Å². The van der Waals surface area contributed by atoms with Crippen molar-refractivity contribution >= 4 is 62.1 Å². The van der Waals surface area contributed by atoms with E-state index in [0.29, 0.717) is 13.1 Å². The lowest BCUT2D eigenvalue weighted by Gasteiger charge is -2.39. The summed E-state index contributed by atoms with van der Waals surface area (Å²) in [5.41, 5.74) is 1.78. The standard InChI is InChI=1S/C22H19ClN4O3S2/c1-30-22(29)16-11-26(21-5-3-18(32-21)17-2-4-19(23)31-17)12-20(28)27(16)10-14-8-13-9-24-7-6-15(13)25-14/h2-9,16,25H,10-12H2,1H3. The zero-order valence-electron chi connectivity index (χ0n) is 17.1. The van der Waals surface area contributed by atoms with Crippen LogP contribution in [0.4, 0.5) is 5.00 Å². The molecule has 0 spiro atoms. The Balaban J connectivity index is 1.39. The number of thiophene rings is 2. The molecule has 1 unspecified atom stereocenters. The molecule has 1 fully saturated rings. The van der Waals surface area contributed by atoms with Gasteiger partial charge in [0.05, 0.1) is 36.1 Å². The molecule has 32 heavy (non-hydrogen) atoms. The second-order valence-electron chi connectivity index (χ2n) is 7.44. The zero-order chi connectivity index (χ0) is 22.2. The van der Waals surface area contributed by atoms with Crippen molar-refractivity contribution in [2.75, 3.05) is 25.1 Å². The fourth-order valence-corrected chi connectivity index (χ4v) is 6.03. The Morgan fingerprint density at radius 2 is 2.06 bits per heavy atom. The Morgan fingerprint density at radius 1 is 1.25 bits per heavy atom. The van der Waals surface area contributed by atoms with E-state index in [2.05, 4.69) is 9.97 Å². The number of carbonyl (C=O) groups is 2. The lowest BCUT2D eigenvalue weighted by Crippen LogP contribution is -2.59. The Hall–Kier alpha value is -2.88. The first-order chi connectivity index (χ1) is 15.5. The summed E-state index contributed by atoms with van der Waals surface area (Å²) in [4.78, 5) is 38.9. The highest BCUT2D eigenvalue weighted by Crippen LogP contribution is 2.39. The van der Waals surface area contributed by atoms with Crippen LogP contribution < -0.4 is 4.90 Å². The molecule has 0 aliphatic carbocycles. The van der Waals surface area contributed by atoms with Gasteiger partial charge in [0.1, 0.15) is 6.04 Å². The fraction of sp³-hybridized carbons (Fsp3) is 0.227. The maximum Gasteiger partial charge on any atom is 0.330 e. The van der Waals surface area contributed by atoms with E-state index in [1.165, 1.54) is 18.4 Å². The van der Waals surface area contributed by atoms with E-state index in [1.807, 2.05) is 41.3 Å². The predicted octanol–water partition coefficient (Wildman–Crippen LogP) is 4.40. The molecule has 0 aromatic carbocycles. The average Bonchev–Trinajstić information content (AvgIpc) is 3.53. The monoisotopic (exact) mass is 486 g/mol. The molecule has 0 saturated carbocycles. The molecule has 5 rings (SSSR count). The number of methoxy groups -OCH3 is 1. The molecule has 1 atom stereocenters. The summed E-state index contributed by atoms with van der Waals surface area (Å²) in [5, 5.41) is 1.89. The third kappa shape index (κ3) is 3.99. The van der Waals surface area contributed by atoms with Gasteiger partial charge in [0.2, 0.25) is 5.91 Å². The summed E-state index contributed by atoms with van der Waals surface area (Å²) in [6.45, 7) is 0.857. The van der Waals surface area contributed by atoms with Gasteiger partial charge in [-0.2, -0.15) is 0 Å². The number of H-pyrrole nitrogens is 1. The van der Waals surface area contributed by atoms with Crippen molar-refractivity contribution in [2.45, 2.75) is 12.6 Å². The van der Waals surface area contributed by atoms with Gasteiger partial charge in [0.25, 0.3) is 0 Å². The number of piperazine rings is 1. The topological polar surface area (TPSA) is 78.5 Å². The summed E-state index contributed by atoms with van der Waals surface area (Å²) in [6, 6.07) is 11.0. The minimum absolute atomic E-state index is 0.127. The van der Waals surface area contributed by atoms with Crippen LogP contribution in [0.25, 0.3) is 20.7 Å². The van der Waals surface area contributed by atoms with Gasteiger partial charge in [-0.15, -0.1) is 22.7 Å². The van der Waals surface area contributed by atoms with Crippen molar-refractivity contribution in [1.29, 1.82) is 0 Å². The molecule has 1 aliphatic heterocycles. The first-order valence-corrected chi connectivity index (χ1v) is 11.9. The van der Waals surface area contributed by atoms with Crippen molar-refractivity contribution in [3.8, 4) is 9.75 Å². The average molecular weight is 487 g/mol. The molecule has 1 aliphatic rings. The van der Waals surface area contributed by atoms with E-state index < -0.39 is 12.0 Å². The number of aromatic amines is 1. The quantitative estimate of drug-likeness (QED) is 0.423. The number of nitrogens with zero attached hydrogens (tertiary/aromatic N) is 3. The number of anilines is 1. The Bertz CT molecular complexity index is 1260. The van der Waals surface area contributed by atoms with E-state index in [-0.39, 0.29) is 12.5 Å². The van der Waals surface area contributed by atoms with Crippen LogP contribution in [0.5, 0.6) is 0 Å². The first-order valence-electron chi connectivity index (χ1n) is 9.91. The maximum absolute atomic E-state index is 13.1. The molecule has 7 nitrogen and oxygen atoms in total. The van der Waals surface area contributed by atoms with E-state index in [9.17, 15) is 9.59 Å². The van der Waals surface area contributed by atoms with Crippen LogP contribution in [0.3, 0.4) is 0 Å². The van der Waals surface area contributed by atoms with Crippen LogP contribution in [0.1, 0.15) is 5.69 Å². The van der Waals surface area contributed by atoms with Crippen LogP contribution in [-0.4, -0.2) is 53.0 Å². The van der Waals surface area contributed by atoms with E-state index in [0.717, 1.165) is 35.7 Å². The number of ether oxygens (including phenoxy) is 1. The number of pyridine rings is 1. The number of halogens is 1. The van der Waals surface area contributed by atoms with Crippen LogP contribution in [0.2, 0.25) is 4.34 Å². The summed E-state index contributed by atoms with van der Waals surface area (Å²) in [7, 11) is 1.35. The van der Waals surface area contributed by atoms with Crippen LogP contribution in [0.15, 0.2) is 48.8 Å². The molecular weight excluding hydrogens is 468 g/mol. The number of aromatic nitrogens is 2. The van der Waals surface area contributed by atoms with Gasteiger partial charge in [-0.05, 0) is 36.4 Å². The minimum atomic E-state index is -0.701. The third-order valence-electron chi connectivity index (χ3n) is 5.43. The highest BCUT2D eigenvalue weighted by molar-refractivity contribution is 7.25. The molecule has 0 radical (unpaired) electrons. The number of fused-ring (bicyclic) bond motifs is 1. The molecule has 4 aromatic heterocycles. The van der Waals surface area contributed by atoms with Gasteiger partial charge in [0.15, 0.2) is 0 Å². The molecule has 4 aromatic rings. The number of carbonyl (C=O) groups excluding carboxylic acids is 2. The van der Waals surface area contributed by atoms with Crippen LogP contribution in [-0.2, 0) is 20.9 Å². The summed E-state index contributed by atoms with van der Waals surface area (Å²) in [6.07, 6.45) is 3.48. The molecule has 1 amide bonds. The lowest BCUT2D eigenvalue weighted by atomic mass is 10.1. The summed E-state index contributed by atoms with van der Waals surface area (Å²) < 4.78 is 5.77. The van der Waals surface area contributed by atoms with Crippen molar-refractivity contribution in [1.82, 2.24) is 14.9 Å². The zero-order valence-corrected chi connectivity index (χ0v) is 19.5. The fourth-order valence-electron chi connectivity index (χ4n) is 3.88. The Morgan fingerprint density at radius 3 is 2.81 bits per heavy atom. The molecule has 1 saturated heterocycles. The smallest absolute Gasteiger partial charge is 0.330 e. The number of amides is 1. The van der Waals surface area contributed by atoms with Crippen LogP contribution >= 0.6 is 34.3 Å². The highest BCUT2D eigenvalue weighted by atomic mass is 35.5. The number of nitrogens with one attached hydrogen (secondary N) is 1. The normalized spacial score (nSPS) is 16.7. The first kappa shape index (κ1) is 21.0. The summed E-state index contributed by atoms with van der Waals surface area (Å²) >= 11 is 9.16. The Labute approximate surface area is 197 Å². The largest absolute Gasteiger partial charge is 0.467 e. The number of rotatable bonds is 5. The highest BCUT2D eigenvalue weighted by Gasteiger charge is 2.38. The maximum atomic E-state index is 13.1. The van der Waals surface area contributed by atoms with Gasteiger partial charge < -0.3 is 19.5 Å². The van der Waals surface area contributed by atoms with Crippen LogP contribution in [0, 0.1) is 0 Å². The van der Waals surface area contributed by atoms with E-state index in [1.54, 1.807) is 28.6 Å². The summed E-state index contributed by atoms with van der Waals surface area (Å²) in [5.74, 6) is -0.555. The van der Waals surface area contributed by atoms with Crippen molar-refractivity contribution in [2.24, 2.45) is 0 Å². The molecule has 164 valence electrons. The molecule has 10 heteroatoms. The SMILES string of the molecule is COC(=O)C1CN(c2ccc(-c3ccc(Cl)s3)s2)CC(=O)N1Cc1cc2cnccc2[nH]1. The number of hydrogen-bond donors (Lipinski definition) is 1. The number of esters is 1. The van der Waals surface area contributed by atoms with Crippen molar-refractivity contribution in [3.63, 3.8) is 0 Å². The van der Waals surface area contributed by atoms with Gasteiger partial charge in [-0.25, -0.2) is 4.79 Å². The van der Waals surface area contributed by atoms with E-state index in [4.69, 9.17) is 16.3 Å². The molecule has 0 bridgehead atoms. The Kier molecular flexibility index (Phi) is 5.62. The molecule has 5 heterocycles. The van der Waals surface area contributed by atoms with E-state index >= 15 is 0 Å². The van der Waals surface area contributed by atoms with Crippen molar-refractivity contribution < 1.29 is 14.3 Å². The van der Waals surface area contributed by atoms with Gasteiger partial charge in [-0.3, -0.25) is 9.78 Å². The third-order valence-corrected chi connectivity index (χ3v) is 8.00. The number of hydrogen-bond acceptors (Lipinski definition) is 7. The minimum Gasteiger partial charge on any atom is -0.467 e. The second-order valence-corrected chi connectivity index (χ2v) is 10.2.